The molecule has 0 bridgehead atoms. The van der Waals surface area contributed by atoms with Gasteiger partial charge in [0.2, 0.25) is 0 Å². The van der Waals surface area contributed by atoms with E-state index in [0.717, 1.165) is 42.1 Å². The highest BCUT2D eigenvalue weighted by Crippen LogP contribution is 2.68. The Kier molecular flexibility index (Phi) is 4.44. The van der Waals surface area contributed by atoms with Crippen molar-refractivity contribution in [3.63, 3.8) is 0 Å². The van der Waals surface area contributed by atoms with E-state index >= 15 is 0 Å². The molecule has 0 unspecified atom stereocenters. The zero-order chi connectivity index (χ0) is 18.9. The maximum absolute atomic E-state index is 10.7. The molecule has 4 rings (SSSR count). The minimum Gasteiger partial charge on any atom is -0.392 e. The van der Waals surface area contributed by atoms with Crippen molar-refractivity contribution in [1.29, 1.82) is 0 Å². The van der Waals surface area contributed by atoms with Gasteiger partial charge >= 0.3 is 0 Å². The van der Waals surface area contributed by atoms with E-state index in [2.05, 4.69) is 34.3 Å². The molecule has 0 amide bonds. The molecule has 0 heterocycles. The molecule has 4 aliphatic carbocycles. The van der Waals surface area contributed by atoms with Crippen molar-refractivity contribution in [2.75, 3.05) is 6.61 Å². The van der Waals surface area contributed by atoms with Crippen molar-refractivity contribution in [2.45, 2.75) is 84.7 Å². The predicted octanol–water partition coefficient (Wildman–Crippen LogP) is 5.19. The number of fused-ring (bicyclic) bond motifs is 5. The van der Waals surface area contributed by atoms with Crippen LogP contribution in [0.1, 0.15) is 79.1 Å². The summed E-state index contributed by atoms with van der Waals surface area (Å²) in [4.78, 5) is 0. The van der Waals surface area contributed by atoms with E-state index in [9.17, 15) is 10.2 Å². The van der Waals surface area contributed by atoms with Crippen LogP contribution in [0.3, 0.4) is 0 Å². The molecule has 0 aromatic heterocycles. The Morgan fingerprint density at radius 1 is 0.885 bits per heavy atom. The minimum atomic E-state index is -0.453. The van der Waals surface area contributed by atoms with E-state index < -0.39 is 5.60 Å². The van der Waals surface area contributed by atoms with Gasteiger partial charge in [0.15, 0.2) is 0 Å². The normalized spacial score (nSPS) is 52.7. The fourth-order valence-corrected chi connectivity index (χ4v) is 8.46. The van der Waals surface area contributed by atoms with Crippen LogP contribution in [0.15, 0.2) is 12.2 Å². The smallest absolute Gasteiger partial charge is 0.0642 e. The molecule has 0 saturated heterocycles. The van der Waals surface area contributed by atoms with Crippen molar-refractivity contribution in [1.82, 2.24) is 0 Å². The Morgan fingerprint density at radius 3 is 2.27 bits per heavy atom. The summed E-state index contributed by atoms with van der Waals surface area (Å²) in [5, 5.41) is 20.4. The fourth-order valence-electron chi connectivity index (χ4n) is 8.46. The van der Waals surface area contributed by atoms with Crippen molar-refractivity contribution in [3.05, 3.63) is 12.2 Å². The lowest BCUT2D eigenvalue weighted by atomic mass is 9.44. The predicted molar refractivity (Wildman–Crippen MR) is 107 cm³/mol. The highest BCUT2D eigenvalue weighted by atomic mass is 16.3. The van der Waals surface area contributed by atoms with Crippen LogP contribution in [-0.4, -0.2) is 22.4 Å². The highest BCUT2D eigenvalue weighted by molar-refractivity contribution is 5.16. The van der Waals surface area contributed by atoms with E-state index in [4.69, 9.17) is 0 Å². The maximum atomic E-state index is 10.7. The van der Waals surface area contributed by atoms with Gasteiger partial charge in [-0.15, -0.1) is 0 Å². The Balaban J connectivity index is 1.63. The number of hydrogen-bond donors (Lipinski definition) is 2. The second-order valence-corrected chi connectivity index (χ2v) is 11.6. The summed E-state index contributed by atoms with van der Waals surface area (Å²) in [7, 11) is 0. The summed E-state index contributed by atoms with van der Waals surface area (Å²) in [5.74, 6) is 4.52. The van der Waals surface area contributed by atoms with Crippen LogP contribution in [0.4, 0.5) is 0 Å². The lowest BCUT2D eigenvalue weighted by Crippen LogP contribution is -2.55. The van der Waals surface area contributed by atoms with Crippen molar-refractivity contribution >= 4 is 0 Å². The molecule has 4 saturated carbocycles. The molecule has 0 aromatic carbocycles. The molecule has 8 atom stereocenters. The Hall–Kier alpha value is -0.340. The van der Waals surface area contributed by atoms with Crippen LogP contribution >= 0.6 is 0 Å². The van der Waals surface area contributed by atoms with Gasteiger partial charge in [-0.1, -0.05) is 27.4 Å². The summed E-state index contributed by atoms with van der Waals surface area (Å²) >= 11 is 0. The number of aliphatic hydroxyl groups excluding tert-OH is 1. The molecule has 0 radical (unpaired) electrons. The number of rotatable bonds is 2. The maximum Gasteiger partial charge on any atom is 0.0642 e. The summed E-state index contributed by atoms with van der Waals surface area (Å²) in [5.41, 5.74) is 1.31. The molecule has 148 valence electrons. The summed E-state index contributed by atoms with van der Waals surface area (Å²) < 4.78 is 0. The van der Waals surface area contributed by atoms with Crippen LogP contribution in [0, 0.1) is 46.3 Å². The van der Waals surface area contributed by atoms with E-state index in [1.165, 1.54) is 38.5 Å². The summed E-state index contributed by atoms with van der Waals surface area (Å²) in [6, 6.07) is 0. The third-order valence-electron chi connectivity index (χ3n) is 9.70. The second kappa shape index (κ2) is 6.08. The van der Waals surface area contributed by atoms with Crippen LogP contribution < -0.4 is 0 Å². The Labute approximate surface area is 160 Å². The molecule has 4 fully saturated rings. The third-order valence-corrected chi connectivity index (χ3v) is 9.70. The molecule has 0 spiro atoms. The van der Waals surface area contributed by atoms with Crippen molar-refractivity contribution in [2.24, 2.45) is 46.3 Å². The first kappa shape index (κ1) is 19.0. The Morgan fingerprint density at radius 2 is 1.58 bits per heavy atom. The van der Waals surface area contributed by atoms with Crippen molar-refractivity contribution in [3.8, 4) is 0 Å². The molecule has 2 nitrogen and oxygen atoms in total. The van der Waals surface area contributed by atoms with Gasteiger partial charge in [-0.25, -0.2) is 0 Å². The van der Waals surface area contributed by atoms with Crippen molar-refractivity contribution < 1.29 is 10.2 Å². The quantitative estimate of drug-likeness (QED) is 0.665. The molecule has 0 aliphatic heterocycles. The largest absolute Gasteiger partial charge is 0.392 e. The average Bonchev–Trinajstić information content (AvgIpc) is 2.91. The lowest BCUT2D eigenvalue weighted by Gasteiger charge is -2.61. The summed E-state index contributed by atoms with van der Waals surface area (Å²) in [6.07, 6.45) is 9.75. The van der Waals surface area contributed by atoms with Gasteiger partial charge in [0, 0.05) is 0 Å². The van der Waals surface area contributed by atoms with Crippen LogP contribution in [0.5, 0.6) is 0 Å². The van der Waals surface area contributed by atoms with E-state index in [1.807, 2.05) is 0 Å². The topological polar surface area (TPSA) is 40.5 Å². The molecule has 0 aromatic rings. The van der Waals surface area contributed by atoms with Gasteiger partial charge in [0.25, 0.3) is 0 Å². The zero-order valence-corrected chi connectivity index (χ0v) is 17.4. The number of hydrogen-bond acceptors (Lipinski definition) is 2. The van der Waals surface area contributed by atoms with E-state index in [1.54, 1.807) is 0 Å². The van der Waals surface area contributed by atoms with Gasteiger partial charge in [0.05, 0.1) is 12.2 Å². The first-order valence-electron chi connectivity index (χ1n) is 11.1. The fraction of sp³-hybridized carbons (Fsp3) is 0.917. The van der Waals surface area contributed by atoms with Crippen LogP contribution in [-0.2, 0) is 0 Å². The second-order valence-electron chi connectivity index (χ2n) is 11.6. The highest BCUT2D eigenvalue weighted by Gasteiger charge is 2.60. The summed E-state index contributed by atoms with van der Waals surface area (Å²) in [6.45, 7) is 13.9. The zero-order valence-electron chi connectivity index (χ0n) is 17.4. The third kappa shape index (κ3) is 2.73. The van der Waals surface area contributed by atoms with E-state index in [0.29, 0.717) is 22.7 Å². The number of aliphatic hydroxyl groups is 2. The van der Waals surface area contributed by atoms with Gasteiger partial charge in [-0.2, -0.15) is 0 Å². The Bertz CT molecular complexity index is 577. The average molecular weight is 361 g/mol. The van der Waals surface area contributed by atoms with Gasteiger partial charge < -0.3 is 10.2 Å². The molecule has 26 heavy (non-hydrogen) atoms. The van der Waals surface area contributed by atoms with E-state index in [-0.39, 0.29) is 6.61 Å². The monoisotopic (exact) mass is 360 g/mol. The first-order chi connectivity index (χ1) is 12.1. The van der Waals surface area contributed by atoms with Crippen LogP contribution in [0.2, 0.25) is 0 Å². The molecular formula is C24H40O2. The first-order valence-corrected chi connectivity index (χ1v) is 11.1. The molecule has 2 N–H and O–H groups in total. The lowest BCUT2D eigenvalue weighted by molar-refractivity contribution is -0.144. The SMILES string of the molecule is C=C(CO)[C@H]1CC[C@H]2[C@@H]3CC(C)(C)[C@H]4C[C@](C)(O)CC[C@@H]4[C@H]3CC[C@]12C. The molecule has 2 heteroatoms. The van der Waals surface area contributed by atoms with Gasteiger partial charge in [-0.05, 0) is 110 Å². The molecular weight excluding hydrogens is 320 g/mol. The molecule has 4 aliphatic rings. The standard InChI is InChI=1S/C24H40O2/c1-15(14-25)19-6-7-20-18-12-22(2,3)21-13-23(4,26)10-8-17(21)16(18)9-11-24(19,20)5/h16-21,25-26H,1,6-14H2,2-5H3/t16-,17-,18-,19-,20+,21+,23-,24-/m1/s1. The van der Waals surface area contributed by atoms with Gasteiger partial charge in [0.1, 0.15) is 0 Å². The minimum absolute atomic E-state index is 0.159. The van der Waals surface area contributed by atoms with Crippen LogP contribution in [0.25, 0.3) is 0 Å². The van der Waals surface area contributed by atoms with Gasteiger partial charge in [-0.3, -0.25) is 0 Å².